The van der Waals surface area contributed by atoms with Crippen molar-refractivity contribution in [3.8, 4) is 11.5 Å². The summed E-state index contributed by atoms with van der Waals surface area (Å²) >= 11 is 6.27. The molecule has 7 heteroatoms. The number of ether oxygens (including phenoxy) is 2. The first kappa shape index (κ1) is 19.2. The molecule has 1 saturated heterocycles. The first-order valence-corrected chi connectivity index (χ1v) is 9.23. The van der Waals surface area contributed by atoms with Crippen molar-refractivity contribution in [3.63, 3.8) is 0 Å². The van der Waals surface area contributed by atoms with Gasteiger partial charge in [-0.15, -0.1) is 0 Å². The molecule has 1 heterocycles. The molecule has 2 amide bonds. The maximum Gasteiger partial charge on any atom is 0.317 e. The SMILES string of the molecule is COc1ccc(CNC(=O)N2CCN(c3ccccc3Cl)CC2)cc1OC. The highest BCUT2D eigenvalue weighted by atomic mass is 35.5. The number of carbonyl (C=O) groups is 1. The molecule has 27 heavy (non-hydrogen) atoms. The minimum Gasteiger partial charge on any atom is -0.493 e. The van der Waals surface area contributed by atoms with Crippen LogP contribution in [0.3, 0.4) is 0 Å². The molecule has 1 aliphatic heterocycles. The van der Waals surface area contributed by atoms with Crippen molar-refractivity contribution in [1.82, 2.24) is 10.2 Å². The summed E-state index contributed by atoms with van der Waals surface area (Å²) in [6, 6.07) is 13.3. The number of urea groups is 1. The molecule has 2 aromatic carbocycles. The Bertz CT molecular complexity index is 792. The second-order valence-electron chi connectivity index (χ2n) is 6.27. The van der Waals surface area contributed by atoms with Gasteiger partial charge in [-0.3, -0.25) is 0 Å². The first-order valence-electron chi connectivity index (χ1n) is 8.85. The lowest BCUT2D eigenvalue weighted by molar-refractivity contribution is 0.194. The molecule has 144 valence electrons. The average molecular weight is 390 g/mol. The third-order valence-electron chi connectivity index (χ3n) is 4.65. The molecule has 0 atom stereocenters. The molecule has 0 aliphatic carbocycles. The Morgan fingerprint density at radius 2 is 1.74 bits per heavy atom. The molecular formula is C20H24ClN3O3. The van der Waals surface area contributed by atoms with Crippen molar-refractivity contribution in [2.45, 2.75) is 6.54 Å². The monoisotopic (exact) mass is 389 g/mol. The fourth-order valence-corrected chi connectivity index (χ4v) is 3.39. The van der Waals surface area contributed by atoms with E-state index in [-0.39, 0.29) is 6.03 Å². The Balaban J connectivity index is 1.52. The van der Waals surface area contributed by atoms with Crippen LogP contribution in [0.1, 0.15) is 5.56 Å². The van der Waals surface area contributed by atoms with Crippen molar-refractivity contribution >= 4 is 23.3 Å². The van der Waals surface area contributed by atoms with Crippen molar-refractivity contribution < 1.29 is 14.3 Å². The maximum atomic E-state index is 12.5. The molecule has 1 fully saturated rings. The van der Waals surface area contributed by atoms with Gasteiger partial charge in [0.15, 0.2) is 11.5 Å². The highest BCUT2D eigenvalue weighted by molar-refractivity contribution is 6.33. The fraction of sp³-hybridized carbons (Fsp3) is 0.350. The Labute approximate surface area is 164 Å². The van der Waals surface area contributed by atoms with E-state index >= 15 is 0 Å². The van der Waals surface area contributed by atoms with Gasteiger partial charge in [0.1, 0.15) is 0 Å². The number of anilines is 1. The zero-order chi connectivity index (χ0) is 19.2. The molecule has 0 spiro atoms. The average Bonchev–Trinajstić information content (AvgIpc) is 2.72. The normalized spacial score (nSPS) is 14.0. The van der Waals surface area contributed by atoms with Gasteiger partial charge in [0.05, 0.1) is 24.9 Å². The van der Waals surface area contributed by atoms with Gasteiger partial charge in [-0.2, -0.15) is 0 Å². The third-order valence-corrected chi connectivity index (χ3v) is 4.97. The summed E-state index contributed by atoms with van der Waals surface area (Å²) in [4.78, 5) is 16.5. The van der Waals surface area contributed by atoms with Gasteiger partial charge >= 0.3 is 6.03 Å². The Hall–Kier alpha value is -2.60. The van der Waals surface area contributed by atoms with Crippen molar-refractivity contribution in [1.29, 1.82) is 0 Å². The minimum atomic E-state index is -0.0661. The summed E-state index contributed by atoms with van der Waals surface area (Å²) in [5.74, 6) is 1.32. The number of benzene rings is 2. The second kappa shape index (κ2) is 8.86. The van der Waals surface area contributed by atoms with Crippen LogP contribution >= 0.6 is 11.6 Å². The van der Waals surface area contributed by atoms with Gasteiger partial charge in [-0.25, -0.2) is 4.79 Å². The second-order valence-corrected chi connectivity index (χ2v) is 6.68. The standard InChI is InChI=1S/C20H24ClN3O3/c1-26-18-8-7-15(13-19(18)27-2)14-22-20(25)24-11-9-23(10-12-24)17-6-4-3-5-16(17)21/h3-8,13H,9-12,14H2,1-2H3,(H,22,25). The van der Waals surface area contributed by atoms with Crippen LogP contribution in [0.2, 0.25) is 5.02 Å². The Kier molecular flexibility index (Phi) is 6.29. The Morgan fingerprint density at radius 1 is 1.04 bits per heavy atom. The largest absolute Gasteiger partial charge is 0.493 e. The number of nitrogens with zero attached hydrogens (tertiary/aromatic N) is 2. The molecule has 1 N–H and O–H groups in total. The van der Waals surface area contributed by atoms with Crippen molar-refractivity contribution in [3.05, 3.63) is 53.1 Å². The van der Waals surface area contributed by atoms with E-state index in [2.05, 4.69) is 10.2 Å². The zero-order valence-electron chi connectivity index (χ0n) is 15.6. The van der Waals surface area contributed by atoms with E-state index < -0.39 is 0 Å². The number of para-hydroxylation sites is 1. The molecule has 6 nitrogen and oxygen atoms in total. The van der Waals surface area contributed by atoms with Crippen LogP contribution in [0.4, 0.5) is 10.5 Å². The number of hydrogen-bond donors (Lipinski definition) is 1. The summed E-state index contributed by atoms with van der Waals surface area (Å²) < 4.78 is 10.5. The molecular weight excluding hydrogens is 366 g/mol. The summed E-state index contributed by atoms with van der Waals surface area (Å²) in [6.45, 7) is 3.26. The van der Waals surface area contributed by atoms with Crippen molar-refractivity contribution in [2.75, 3.05) is 45.3 Å². The molecule has 1 aliphatic rings. The lowest BCUT2D eigenvalue weighted by Gasteiger charge is -2.36. The number of methoxy groups -OCH3 is 2. The minimum absolute atomic E-state index is 0.0661. The molecule has 0 unspecified atom stereocenters. The van der Waals surface area contributed by atoms with Crippen LogP contribution in [0.15, 0.2) is 42.5 Å². The number of halogens is 1. The van der Waals surface area contributed by atoms with E-state index in [0.717, 1.165) is 29.4 Å². The van der Waals surface area contributed by atoms with Gasteiger partial charge in [-0.1, -0.05) is 29.8 Å². The van der Waals surface area contributed by atoms with Crippen LogP contribution < -0.4 is 19.7 Å². The van der Waals surface area contributed by atoms with Crippen LogP contribution in [-0.2, 0) is 6.54 Å². The summed E-state index contributed by atoms with van der Waals surface area (Å²) in [7, 11) is 3.19. The maximum absolute atomic E-state index is 12.5. The van der Waals surface area contributed by atoms with E-state index in [1.54, 1.807) is 14.2 Å². The third kappa shape index (κ3) is 4.57. The smallest absolute Gasteiger partial charge is 0.317 e. The van der Waals surface area contributed by atoms with Crippen LogP contribution in [0.25, 0.3) is 0 Å². The number of nitrogens with one attached hydrogen (secondary N) is 1. The van der Waals surface area contributed by atoms with Gasteiger partial charge in [0.25, 0.3) is 0 Å². The lowest BCUT2D eigenvalue weighted by atomic mass is 10.2. The number of piperazine rings is 1. The topological polar surface area (TPSA) is 54.0 Å². The van der Waals surface area contributed by atoms with E-state index in [1.807, 2.05) is 47.4 Å². The predicted molar refractivity (Wildman–Crippen MR) is 107 cm³/mol. The highest BCUT2D eigenvalue weighted by Crippen LogP contribution is 2.28. The molecule has 3 rings (SSSR count). The Morgan fingerprint density at radius 3 is 2.41 bits per heavy atom. The van der Waals surface area contributed by atoms with Crippen LogP contribution in [-0.4, -0.2) is 51.3 Å². The zero-order valence-corrected chi connectivity index (χ0v) is 16.3. The molecule has 0 bridgehead atoms. The lowest BCUT2D eigenvalue weighted by Crippen LogP contribution is -2.51. The summed E-state index contributed by atoms with van der Waals surface area (Å²) in [5, 5.41) is 3.71. The van der Waals surface area contributed by atoms with E-state index in [4.69, 9.17) is 21.1 Å². The molecule has 0 aromatic heterocycles. The van der Waals surface area contributed by atoms with Gasteiger partial charge in [0, 0.05) is 32.7 Å². The highest BCUT2D eigenvalue weighted by Gasteiger charge is 2.22. The molecule has 0 radical (unpaired) electrons. The van der Waals surface area contributed by atoms with E-state index in [9.17, 15) is 4.79 Å². The molecule has 0 saturated carbocycles. The first-order chi connectivity index (χ1) is 13.1. The van der Waals surface area contributed by atoms with Gasteiger partial charge in [-0.05, 0) is 29.8 Å². The van der Waals surface area contributed by atoms with E-state index in [1.165, 1.54) is 0 Å². The van der Waals surface area contributed by atoms with Gasteiger partial charge in [0.2, 0.25) is 0 Å². The van der Waals surface area contributed by atoms with Crippen LogP contribution in [0, 0.1) is 0 Å². The quantitative estimate of drug-likeness (QED) is 0.851. The van der Waals surface area contributed by atoms with Gasteiger partial charge < -0.3 is 24.6 Å². The number of amides is 2. The van der Waals surface area contributed by atoms with Crippen molar-refractivity contribution in [2.24, 2.45) is 0 Å². The predicted octanol–water partition coefficient (Wildman–Crippen LogP) is 3.39. The fourth-order valence-electron chi connectivity index (χ4n) is 3.14. The number of carbonyl (C=O) groups excluding carboxylic acids is 1. The molecule has 2 aromatic rings. The summed E-state index contributed by atoms with van der Waals surface area (Å²) in [6.07, 6.45) is 0. The number of rotatable bonds is 5. The van der Waals surface area contributed by atoms with E-state index in [0.29, 0.717) is 31.1 Å². The summed E-state index contributed by atoms with van der Waals surface area (Å²) in [5.41, 5.74) is 1.97. The number of hydrogen-bond acceptors (Lipinski definition) is 4. The van der Waals surface area contributed by atoms with Crippen LogP contribution in [0.5, 0.6) is 11.5 Å².